The van der Waals surface area contributed by atoms with E-state index in [4.69, 9.17) is 5.11 Å². The van der Waals surface area contributed by atoms with Crippen LogP contribution in [-0.2, 0) is 0 Å². The van der Waals surface area contributed by atoms with Gasteiger partial charge in [0.15, 0.2) is 5.75 Å². The van der Waals surface area contributed by atoms with Gasteiger partial charge in [-0.2, -0.15) is 4.39 Å². The van der Waals surface area contributed by atoms with Crippen molar-refractivity contribution >= 4 is 22.6 Å². The summed E-state index contributed by atoms with van der Waals surface area (Å²) in [5.74, 6) is -2.34. The van der Waals surface area contributed by atoms with Crippen molar-refractivity contribution in [3.8, 4) is 5.75 Å². The zero-order chi connectivity index (χ0) is 9.30. The summed E-state index contributed by atoms with van der Waals surface area (Å²) in [6, 6.07) is 0.934. The van der Waals surface area contributed by atoms with Gasteiger partial charge < -0.3 is 5.11 Å². The molecule has 0 fully saturated rings. The second-order valence-electron chi connectivity index (χ2n) is 1.97. The Morgan fingerprint density at radius 1 is 1.50 bits per heavy atom. The molecule has 0 atom stereocenters. The van der Waals surface area contributed by atoms with E-state index in [0.29, 0.717) is 0 Å². The maximum atomic E-state index is 12.5. The lowest BCUT2D eigenvalue weighted by Crippen LogP contribution is -1.94. The van der Waals surface area contributed by atoms with Crippen molar-refractivity contribution in [2.45, 2.75) is 6.43 Å². The Bertz CT molecular complexity index is 305. The van der Waals surface area contributed by atoms with Gasteiger partial charge in [0, 0.05) is 0 Å². The number of rotatable bonds is 1. The third kappa shape index (κ3) is 1.79. The largest absolute Gasteiger partial charge is 0.503 e. The van der Waals surface area contributed by atoms with E-state index in [1.807, 2.05) is 0 Å². The van der Waals surface area contributed by atoms with Gasteiger partial charge in [-0.15, -0.1) is 0 Å². The van der Waals surface area contributed by atoms with Crippen LogP contribution in [0.15, 0.2) is 6.07 Å². The molecule has 0 radical (unpaired) electrons. The first-order chi connectivity index (χ1) is 5.52. The molecule has 66 valence electrons. The smallest absolute Gasteiger partial charge is 0.267 e. The van der Waals surface area contributed by atoms with E-state index < -0.39 is 23.7 Å². The van der Waals surface area contributed by atoms with Crippen molar-refractivity contribution in [1.82, 2.24) is 4.98 Å². The van der Waals surface area contributed by atoms with Gasteiger partial charge in [0.25, 0.3) is 12.4 Å². The van der Waals surface area contributed by atoms with E-state index in [1.54, 1.807) is 22.6 Å². The first-order valence-electron chi connectivity index (χ1n) is 2.85. The lowest BCUT2D eigenvalue weighted by Gasteiger charge is -2.03. The van der Waals surface area contributed by atoms with Crippen LogP contribution in [0.25, 0.3) is 0 Å². The Hall–Kier alpha value is -0.530. The molecule has 1 aromatic heterocycles. The molecule has 0 saturated carbocycles. The predicted molar refractivity (Wildman–Crippen MR) is 43.5 cm³/mol. The molecule has 1 N–H and O–H groups in total. The van der Waals surface area contributed by atoms with Crippen LogP contribution in [-0.4, -0.2) is 10.1 Å². The second-order valence-corrected chi connectivity index (χ2v) is 3.08. The zero-order valence-electron chi connectivity index (χ0n) is 5.56. The van der Waals surface area contributed by atoms with Crippen molar-refractivity contribution < 1.29 is 18.3 Å². The van der Waals surface area contributed by atoms with Gasteiger partial charge in [-0.05, 0) is 28.7 Å². The molecule has 1 rings (SSSR count). The first kappa shape index (κ1) is 9.56. The highest BCUT2D eigenvalue weighted by Gasteiger charge is 2.17. The van der Waals surface area contributed by atoms with Crippen LogP contribution in [0.4, 0.5) is 13.2 Å². The quantitative estimate of drug-likeness (QED) is 0.636. The number of pyridine rings is 1. The lowest BCUT2D eigenvalue weighted by atomic mass is 10.2. The molecule has 0 unspecified atom stereocenters. The molecular weight excluding hydrogens is 286 g/mol. The summed E-state index contributed by atoms with van der Waals surface area (Å²) in [5.41, 5.74) is -0.730. The number of hydrogen-bond donors (Lipinski definition) is 1. The van der Waals surface area contributed by atoms with E-state index in [9.17, 15) is 13.2 Å². The molecule has 12 heavy (non-hydrogen) atoms. The standard InChI is InChI=1S/C6H3F3INO/c7-5(8)2-1-3(10)11-6(9)4(2)12/h1,5,12H. The summed E-state index contributed by atoms with van der Waals surface area (Å²) in [5, 5.41) is 8.77. The molecule has 0 aromatic carbocycles. The minimum absolute atomic E-state index is 0.0817. The number of alkyl halides is 2. The van der Waals surface area contributed by atoms with Crippen molar-refractivity contribution in [2.75, 3.05) is 0 Å². The topological polar surface area (TPSA) is 33.1 Å². The number of nitrogens with zero attached hydrogens (tertiary/aromatic N) is 1. The molecule has 0 aliphatic heterocycles. The van der Waals surface area contributed by atoms with E-state index in [2.05, 4.69) is 4.98 Å². The Morgan fingerprint density at radius 2 is 2.08 bits per heavy atom. The molecule has 0 aliphatic carbocycles. The fraction of sp³-hybridized carbons (Fsp3) is 0.167. The van der Waals surface area contributed by atoms with Gasteiger partial charge in [0.2, 0.25) is 0 Å². The van der Waals surface area contributed by atoms with Crippen molar-refractivity contribution in [3.63, 3.8) is 0 Å². The number of halogens is 4. The van der Waals surface area contributed by atoms with Crippen LogP contribution < -0.4 is 0 Å². The Morgan fingerprint density at radius 3 is 2.58 bits per heavy atom. The van der Waals surface area contributed by atoms with Gasteiger partial charge in [-0.3, -0.25) is 0 Å². The minimum atomic E-state index is -2.89. The molecule has 0 aliphatic rings. The van der Waals surface area contributed by atoms with Gasteiger partial charge in [-0.25, -0.2) is 13.8 Å². The van der Waals surface area contributed by atoms with Crippen LogP contribution in [0.2, 0.25) is 0 Å². The summed E-state index contributed by atoms with van der Waals surface area (Å²) in [6.07, 6.45) is -2.89. The molecule has 2 nitrogen and oxygen atoms in total. The molecule has 1 aromatic rings. The zero-order valence-corrected chi connectivity index (χ0v) is 7.72. The average molecular weight is 289 g/mol. The van der Waals surface area contributed by atoms with Gasteiger partial charge >= 0.3 is 0 Å². The first-order valence-corrected chi connectivity index (χ1v) is 3.93. The number of aromatic hydroxyl groups is 1. The maximum absolute atomic E-state index is 12.5. The van der Waals surface area contributed by atoms with Crippen molar-refractivity contribution in [2.24, 2.45) is 0 Å². The monoisotopic (exact) mass is 289 g/mol. The summed E-state index contributed by atoms with van der Waals surface area (Å²) < 4.78 is 36.6. The van der Waals surface area contributed by atoms with Crippen LogP contribution in [0, 0.1) is 9.65 Å². The molecule has 0 amide bonds. The van der Waals surface area contributed by atoms with Gasteiger partial charge in [-0.1, -0.05) is 0 Å². The van der Waals surface area contributed by atoms with E-state index >= 15 is 0 Å². The number of aromatic nitrogens is 1. The van der Waals surface area contributed by atoms with Crippen LogP contribution in [0.5, 0.6) is 5.75 Å². The minimum Gasteiger partial charge on any atom is -0.503 e. The third-order valence-electron chi connectivity index (χ3n) is 1.18. The lowest BCUT2D eigenvalue weighted by molar-refractivity contribution is 0.146. The highest BCUT2D eigenvalue weighted by molar-refractivity contribution is 14.1. The van der Waals surface area contributed by atoms with Crippen molar-refractivity contribution in [1.29, 1.82) is 0 Å². The van der Waals surface area contributed by atoms with Crippen LogP contribution in [0.1, 0.15) is 12.0 Å². The Balaban J connectivity index is 3.28. The van der Waals surface area contributed by atoms with Crippen molar-refractivity contribution in [3.05, 3.63) is 21.3 Å². The fourth-order valence-electron chi connectivity index (χ4n) is 0.661. The van der Waals surface area contributed by atoms with Gasteiger partial charge in [0.05, 0.1) is 5.56 Å². The molecule has 0 bridgehead atoms. The molecule has 0 saturated heterocycles. The van der Waals surface area contributed by atoms with E-state index in [1.165, 1.54) is 0 Å². The predicted octanol–water partition coefficient (Wildman–Crippen LogP) is 2.47. The highest BCUT2D eigenvalue weighted by atomic mass is 127. The Kier molecular flexibility index (Phi) is 2.76. The summed E-state index contributed by atoms with van der Waals surface area (Å²) in [4.78, 5) is 3.15. The highest BCUT2D eigenvalue weighted by Crippen LogP contribution is 2.30. The van der Waals surface area contributed by atoms with Crippen LogP contribution >= 0.6 is 22.6 Å². The fourth-order valence-corrected chi connectivity index (χ4v) is 1.21. The molecule has 0 spiro atoms. The SMILES string of the molecule is Oc1c(C(F)F)cc(I)nc1F. The average Bonchev–Trinajstić information content (AvgIpc) is 1.96. The summed E-state index contributed by atoms with van der Waals surface area (Å²) in [6.45, 7) is 0. The van der Waals surface area contributed by atoms with Gasteiger partial charge in [0.1, 0.15) is 3.70 Å². The maximum Gasteiger partial charge on any atom is 0.267 e. The summed E-state index contributed by atoms with van der Waals surface area (Å²) >= 11 is 1.59. The normalized spacial score (nSPS) is 10.8. The van der Waals surface area contributed by atoms with E-state index in [-0.39, 0.29) is 3.70 Å². The molecular formula is C6H3F3INO. The third-order valence-corrected chi connectivity index (χ3v) is 1.74. The second kappa shape index (κ2) is 3.46. The van der Waals surface area contributed by atoms with Crippen LogP contribution in [0.3, 0.4) is 0 Å². The molecule has 1 heterocycles. The van der Waals surface area contributed by atoms with E-state index in [0.717, 1.165) is 6.07 Å². The number of hydrogen-bond acceptors (Lipinski definition) is 2. The summed E-state index contributed by atoms with van der Waals surface area (Å²) in [7, 11) is 0. The molecule has 6 heteroatoms. The Labute approximate surface area is 79.6 Å².